The Labute approximate surface area is 322 Å². The Bertz CT molecular complexity index is 2700. The number of rotatable bonds is 2. The molecule has 2 aliphatic heterocycles. The molecule has 0 saturated carbocycles. The second-order valence-electron chi connectivity index (χ2n) is 15.3. The van der Waals surface area contributed by atoms with E-state index in [-0.39, 0.29) is 10.8 Å². The zero-order valence-corrected chi connectivity index (χ0v) is 32.6. The van der Waals surface area contributed by atoms with Crippen LogP contribution in [0.2, 0.25) is 0 Å². The lowest BCUT2D eigenvalue weighted by Crippen LogP contribution is -2.15. The maximum absolute atomic E-state index is 2.47. The SMILES string of the molecule is CC1(C)c2cc(-c3cccc(-c4cccc5c4Sc4c(ccc6c4-c4ccccc4C6(C)C)S5)c3)ccc2-c2c1ccc1c2Sc2ccccc2S1. The van der Waals surface area contributed by atoms with E-state index in [1.165, 1.54) is 106 Å². The van der Waals surface area contributed by atoms with Crippen molar-refractivity contribution in [2.24, 2.45) is 0 Å². The first kappa shape index (κ1) is 31.5. The highest BCUT2D eigenvalue weighted by Crippen LogP contribution is 2.61. The molecule has 2 heterocycles. The Morgan fingerprint density at radius 1 is 0.327 bits per heavy atom. The van der Waals surface area contributed by atoms with E-state index in [4.69, 9.17) is 0 Å². The fourth-order valence-corrected chi connectivity index (χ4v) is 13.9. The highest BCUT2D eigenvalue weighted by atomic mass is 32.2. The van der Waals surface area contributed by atoms with E-state index in [2.05, 4.69) is 161 Å². The quantitative estimate of drug-likeness (QED) is 0.173. The van der Waals surface area contributed by atoms with Crippen LogP contribution in [0.15, 0.2) is 173 Å². The molecule has 0 fully saturated rings. The van der Waals surface area contributed by atoms with E-state index in [0.717, 1.165) is 0 Å². The van der Waals surface area contributed by atoms with Gasteiger partial charge in [-0.3, -0.25) is 0 Å². The van der Waals surface area contributed by atoms with Gasteiger partial charge >= 0.3 is 0 Å². The van der Waals surface area contributed by atoms with Crippen LogP contribution in [0.25, 0.3) is 44.5 Å². The van der Waals surface area contributed by atoms with E-state index in [1.54, 1.807) is 0 Å². The lowest BCUT2D eigenvalue weighted by molar-refractivity contribution is 0.658. The summed E-state index contributed by atoms with van der Waals surface area (Å²) in [6.45, 7) is 9.55. The maximum atomic E-state index is 2.47. The van der Waals surface area contributed by atoms with Crippen LogP contribution >= 0.6 is 47.0 Å². The predicted octanol–water partition coefficient (Wildman–Crippen LogP) is 14.9. The molecule has 0 aromatic heterocycles. The van der Waals surface area contributed by atoms with Gasteiger partial charge < -0.3 is 0 Å². The van der Waals surface area contributed by atoms with Crippen LogP contribution in [0.5, 0.6) is 0 Å². The molecule has 0 saturated heterocycles. The number of benzene rings is 7. The summed E-state index contributed by atoms with van der Waals surface area (Å²) >= 11 is 7.73. The summed E-state index contributed by atoms with van der Waals surface area (Å²) in [4.78, 5) is 10.9. The van der Waals surface area contributed by atoms with E-state index in [9.17, 15) is 0 Å². The van der Waals surface area contributed by atoms with Crippen molar-refractivity contribution >= 4 is 47.0 Å². The van der Waals surface area contributed by atoms with Gasteiger partial charge in [-0.2, -0.15) is 0 Å². The second-order valence-corrected chi connectivity index (χ2v) is 19.5. The van der Waals surface area contributed by atoms with E-state index in [0.29, 0.717) is 0 Å². The third-order valence-corrected chi connectivity index (χ3v) is 16.9. The molecule has 7 aromatic rings. The van der Waals surface area contributed by atoms with Gasteiger partial charge in [0, 0.05) is 61.1 Å². The van der Waals surface area contributed by atoms with Gasteiger partial charge in [-0.25, -0.2) is 0 Å². The molecular weight excluding hydrogens is 705 g/mol. The van der Waals surface area contributed by atoms with Crippen molar-refractivity contribution < 1.29 is 0 Å². The molecule has 0 unspecified atom stereocenters. The molecule has 0 nitrogen and oxygen atoms in total. The molecule has 52 heavy (non-hydrogen) atoms. The van der Waals surface area contributed by atoms with Crippen molar-refractivity contribution in [2.75, 3.05) is 0 Å². The zero-order valence-electron chi connectivity index (χ0n) is 29.3. The van der Waals surface area contributed by atoms with Crippen molar-refractivity contribution in [2.45, 2.75) is 77.7 Å². The topological polar surface area (TPSA) is 0 Å². The number of hydrogen-bond donors (Lipinski definition) is 0. The van der Waals surface area contributed by atoms with Crippen molar-refractivity contribution in [1.29, 1.82) is 0 Å². The minimum absolute atomic E-state index is 0.00528. The summed E-state index contributed by atoms with van der Waals surface area (Å²) in [5.41, 5.74) is 16.4. The lowest BCUT2D eigenvalue weighted by Gasteiger charge is -2.25. The van der Waals surface area contributed by atoms with Gasteiger partial charge in [0.2, 0.25) is 0 Å². The van der Waals surface area contributed by atoms with Gasteiger partial charge in [-0.15, -0.1) is 0 Å². The fourth-order valence-electron chi connectivity index (χ4n) is 8.93. The van der Waals surface area contributed by atoms with Gasteiger partial charge in [0.1, 0.15) is 0 Å². The van der Waals surface area contributed by atoms with Gasteiger partial charge in [-0.1, -0.05) is 166 Å². The highest BCUT2D eigenvalue weighted by Gasteiger charge is 2.40. The first-order valence-electron chi connectivity index (χ1n) is 17.9. The van der Waals surface area contributed by atoms with Crippen LogP contribution < -0.4 is 0 Å². The second kappa shape index (κ2) is 11.2. The molecule has 0 N–H and O–H groups in total. The summed E-state index contributed by atoms with van der Waals surface area (Å²) in [5, 5.41) is 0. The van der Waals surface area contributed by atoms with Crippen LogP contribution in [0.3, 0.4) is 0 Å². The molecule has 0 radical (unpaired) electrons. The van der Waals surface area contributed by atoms with Crippen LogP contribution in [-0.2, 0) is 10.8 Å². The summed E-state index contributed by atoms with van der Waals surface area (Å²) in [6, 6.07) is 50.6. The normalized spacial score (nSPS) is 16.1. The summed E-state index contributed by atoms with van der Waals surface area (Å²) in [6.07, 6.45) is 0. The zero-order chi connectivity index (χ0) is 34.9. The average Bonchev–Trinajstić information content (AvgIpc) is 3.55. The first-order chi connectivity index (χ1) is 25.3. The van der Waals surface area contributed by atoms with Crippen LogP contribution in [0, 0.1) is 0 Å². The molecule has 0 bridgehead atoms. The van der Waals surface area contributed by atoms with Gasteiger partial charge in [0.15, 0.2) is 0 Å². The van der Waals surface area contributed by atoms with E-state index < -0.39 is 0 Å². The molecule has 2 aliphatic carbocycles. The van der Waals surface area contributed by atoms with Crippen molar-refractivity contribution in [1.82, 2.24) is 0 Å². The molecule has 0 amide bonds. The smallest absolute Gasteiger partial charge is 0.0344 e. The van der Waals surface area contributed by atoms with Crippen molar-refractivity contribution in [3.05, 3.63) is 156 Å². The Morgan fingerprint density at radius 3 is 1.65 bits per heavy atom. The molecule has 11 rings (SSSR count). The fraction of sp³-hybridized carbons (Fsp3) is 0.125. The molecule has 4 aliphatic rings. The van der Waals surface area contributed by atoms with Crippen LogP contribution in [-0.4, -0.2) is 0 Å². The molecule has 250 valence electrons. The Hall–Kier alpha value is -4.06. The molecule has 7 aromatic carbocycles. The van der Waals surface area contributed by atoms with Gasteiger partial charge in [0.05, 0.1) is 0 Å². The Kier molecular flexibility index (Phi) is 6.79. The van der Waals surface area contributed by atoms with Crippen LogP contribution in [0.4, 0.5) is 0 Å². The summed E-state index contributed by atoms with van der Waals surface area (Å²) in [7, 11) is 0. The maximum Gasteiger partial charge on any atom is 0.0344 e. The largest absolute Gasteiger partial charge is 0.0877 e. The Morgan fingerprint density at radius 2 is 0.865 bits per heavy atom. The predicted molar refractivity (Wildman–Crippen MR) is 222 cm³/mol. The highest BCUT2D eigenvalue weighted by molar-refractivity contribution is 8.05. The van der Waals surface area contributed by atoms with Crippen LogP contribution in [0.1, 0.15) is 49.9 Å². The number of fused-ring (bicyclic) bond motifs is 12. The molecular formula is C48H34S4. The first-order valence-corrected chi connectivity index (χ1v) is 21.2. The molecule has 4 heteroatoms. The minimum Gasteiger partial charge on any atom is -0.0877 e. The van der Waals surface area contributed by atoms with Crippen molar-refractivity contribution in [3.63, 3.8) is 0 Å². The lowest BCUT2D eigenvalue weighted by atomic mass is 9.81. The third kappa shape index (κ3) is 4.42. The van der Waals surface area contributed by atoms with E-state index in [1.807, 2.05) is 47.0 Å². The molecule has 0 spiro atoms. The van der Waals surface area contributed by atoms with Gasteiger partial charge in [-0.05, 0) is 98.1 Å². The average molecular weight is 739 g/mol. The Balaban J connectivity index is 0.984. The third-order valence-electron chi connectivity index (χ3n) is 11.6. The monoisotopic (exact) mass is 738 g/mol. The van der Waals surface area contributed by atoms with E-state index >= 15 is 0 Å². The summed E-state index contributed by atoms with van der Waals surface area (Å²) in [5.74, 6) is 0. The standard InChI is InChI=1S/C48H34S4/c1-47(2)33-15-6-5-13-31(33)42-34(47)21-24-41-46(42)52-44-30(14-10-18-39(44)50-41)29-12-9-11-27(25-29)28-19-20-32-36(26-28)48(3,4)35-22-23-40-45(43(32)35)51-38-17-8-7-16-37(38)49-40/h5-26H,1-4H3. The molecule has 0 atom stereocenters. The van der Waals surface area contributed by atoms with Crippen molar-refractivity contribution in [3.8, 4) is 44.5 Å². The minimum atomic E-state index is -0.0806. The summed E-state index contributed by atoms with van der Waals surface area (Å²) < 4.78 is 0. The number of hydrogen-bond acceptors (Lipinski definition) is 4. The van der Waals surface area contributed by atoms with Gasteiger partial charge in [0.25, 0.3) is 0 Å².